The molecule has 2 radical (unpaired) electrons. The second kappa shape index (κ2) is 10.0. The van der Waals surface area contributed by atoms with Gasteiger partial charge in [0.15, 0.2) is 0 Å². The van der Waals surface area contributed by atoms with Gasteiger partial charge in [-0.25, -0.2) is 0 Å². The molecule has 0 bridgehead atoms. The number of benzene rings is 2. The quantitative estimate of drug-likeness (QED) is 0.373. The number of rotatable bonds is 0. The fourth-order valence-corrected chi connectivity index (χ4v) is 1.25. The van der Waals surface area contributed by atoms with Crippen LogP contribution in [0, 0.1) is 0 Å². The Bertz CT molecular complexity index is 411. The van der Waals surface area contributed by atoms with Gasteiger partial charge in [0.1, 0.15) is 0 Å². The number of halogens is 2. The molecule has 2 N–H and O–H groups in total. The zero-order valence-corrected chi connectivity index (χ0v) is 20.1. The van der Waals surface area contributed by atoms with Crippen LogP contribution >= 0.6 is 16.6 Å². The van der Waals surface area contributed by atoms with Crippen molar-refractivity contribution in [1.29, 1.82) is 0 Å². The van der Waals surface area contributed by atoms with Gasteiger partial charge < -0.3 is 7.16 Å². The van der Waals surface area contributed by atoms with Gasteiger partial charge in [0.2, 0.25) is 0 Å². The van der Waals surface area contributed by atoms with Crippen LogP contribution < -0.4 is 74.6 Å². The van der Waals surface area contributed by atoms with Crippen molar-refractivity contribution in [2.75, 3.05) is 5.73 Å². The van der Waals surface area contributed by atoms with Crippen LogP contribution in [0.15, 0.2) is 42.5 Å². The van der Waals surface area contributed by atoms with E-state index in [1.165, 1.54) is 5.39 Å². The Labute approximate surface area is 169 Å². The molecule has 5 heteroatoms. The molecular weight excluding hydrogens is 545 g/mol. The Kier molecular flexibility index (Phi) is 11.4. The van der Waals surface area contributed by atoms with E-state index in [0.29, 0.717) is 0 Å². The zero-order chi connectivity index (χ0) is 10.4. The standard InChI is InChI=1S/C10H9N.2ClH.Cs.Pb.H/c11-10-7-3-5-8-4-1-2-6-9(8)10;;;;;/h1-7H,11H2;2*1H;;;/q;;;+1;+2;-1/p-2. The summed E-state index contributed by atoms with van der Waals surface area (Å²) >= 11 is -0.972. The van der Waals surface area contributed by atoms with Crippen molar-refractivity contribution >= 4 is 54.9 Å². The summed E-state index contributed by atoms with van der Waals surface area (Å²) in [7, 11) is 9.92. The molecule has 0 saturated heterocycles. The smallest absolute Gasteiger partial charge is 1.00 e. The monoisotopic (exact) mass is 555 g/mol. The van der Waals surface area contributed by atoms with Gasteiger partial charge in [-0.2, -0.15) is 0 Å². The summed E-state index contributed by atoms with van der Waals surface area (Å²) in [5, 5.41) is 2.34. The van der Waals surface area contributed by atoms with Crippen LogP contribution in [0.25, 0.3) is 10.8 Å². The molecule has 0 spiro atoms. The minimum atomic E-state index is -0.972. The molecule has 0 aliphatic carbocycles. The number of hydrogen-bond donors (Lipinski definition) is 1. The first-order chi connectivity index (χ1) is 6.79. The summed E-state index contributed by atoms with van der Waals surface area (Å²) in [6.07, 6.45) is 0. The van der Waals surface area contributed by atoms with Gasteiger partial charge in [0.25, 0.3) is 0 Å². The van der Waals surface area contributed by atoms with E-state index >= 15 is 0 Å². The Balaban J connectivity index is 0. The molecule has 0 heterocycles. The Morgan fingerprint density at radius 3 is 2.13 bits per heavy atom. The van der Waals surface area contributed by atoms with E-state index < -0.39 is 21.8 Å². The molecule has 0 atom stereocenters. The van der Waals surface area contributed by atoms with Gasteiger partial charge in [-0.15, -0.1) is 0 Å². The average molecular weight is 555 g/mol. The molecule has 0 amide bonds. The van der Waals surface area contributed by atoms with Gasteiger partial charge in [-0.3, -0.25) is 0 Å². The number of nitrogen functional groups attached to an aromatic ring is 1. The Morgan fingerprint density at radius 2 is 1.53 bits per heavy atom. The van der Waals surface area contributed by atoms with Gasteiger partial charge in [0, 0.05) is 11.1 Å². The summed E-state index contributed by atoms with van der Waals surface area (Å²) < 4.78 is 0. The molecule has 2 aromatic carbocycles. The van der Waals surface area contributed by atoms with E-state index in [9.17, 15) is 0 Å². The van der Waals surface area contributed by atoms with E-state index in [0.717, 1.165) is 11.1 Å². The molecule has 0 aromatic heterocycles. The van der Waals surface area contributed by atoms with Gasteiger partial charge in [-0.05, 0) is 11.5 Å². The van der Waals surface area contributed by atoms with E-state index in [1.54, 1.807) is 0 Å². The first-order valence-electron chi connectivity index (χ1n) is 3.99. The third-order valence-electron chi connectivity index (χ3n) is 1.82. The van der Waals surface area contributed by atoms with Crippen LogP contribution in [0.4, 0.5) is 5.69 Å². The Morgan fingerprint density at radius 1 is 1.00 bits per heavy atom. The molecule has 2 rings (SSSR count). The number of hydrogen-bond acceptors (Lipinski definition) is 1. The van der Waals surface area contributed by atoms with Crippen molar-refractivity contribution in [1.82, 2.24) is 0 Å². The minimum Gasteiger partial charge on any atom is -1.00 e. The Hall–Kier alpha value is 2.05. The summed E-state index contributed by atoms with van der Waals surface area (Å²) in [5.74, 6) is 0. The van der Waals surface area contributed by atoms with Gasteiger partial charge in [-0.1, -0.05) is 36.4 Å². The SMILES string of the molecule is Nc1cccc2ccccc12.[Cl][Pb][Cl].[Cs+].[H-]. The van der Waals surface area contributed by atoms with Crippen molar-refractivity contribution in [3.8, 4) is 0 Å². The summed E-state index contributed by atoms with van der Waals surface area (Å²) in [6, 6.07) is 14.1. The molecule has 0 aliphatic rings. The summed E-state index contributed by atoms with van der Waals surface area (Å²) in [6.45, 7) is 0. The molecule has 0 unspecified atom stereocenters. The maximum atomic E-state index is 5.76. The fourth-order valence-electron chi connectivity index (χ4n) is 1.25. The average Bonchev–Trinajstić information content (AvgIpc) is 2.20. The normalized spacial score (nSPS) is 8.67. The molecule has 2 aromatic rings. The summed E-state index contributed by atoms with van der Waals surface area (Å²) in [4.78, 5) is 0. The molecular formula is C10H10Cl2CsNPb. The van der Waals surface area contributed by atoms with Gasteiger partial charge >= 0.3 is 107 Å². The number of nitrogens with two attached hydrogens (primary N) is 1. The zero-order valence-electron chi connectivity index (χ0n) is 9.37. The van der Waals surface area contributed by atoms with Crippen LogP contribution in [-0.4, -0.2) is 21.8 Å². The van der Waals surface area contributed by atoms with Crippen molar-refractivity contribution in [2.24, 2.45) is 0 Å². The van der Waals surface area contributed by atoms with E-state index in [4.69, 9.17) is 22.4 Å². The number of fused-ring (bicyclic) bond motifs is 1. The predicted octanol–water partition coefficient (Wildman–Crippen LogP) is 0.537. The summed E-state index contributed by atoms with van der Waals surface area (Å²) in [5.41, 5.74) is 6.61. The minimum absolute atomic E-state index is 0. The second-order valence-corrected chi connectivity index (χ2v) is 8.21. The third kappa shape index (κ3) is 5.97. The first-order valence-corrected chi connectivity index (χ1v) is 13.6. The van der Waals surface area contributed by atoms with E-state index in [-0.39, 0.29) is 70.3 Å². The van der Waals surface area contributed by atoms with Crippen molar-refractivity contribution < 1.29 is 70.3 Å². The van der Waals surface area contributed by atoms with Crippen molar-refractivity contribution in [2.45, 2.75) is 0 Å². The maximum Gasteiger partial charge on any atom is 1.00 e. The predicted molar refractivity (Wildman–Crippen MR) is 66.9 cm³/mol. The van der Waals surface area contributed by atoms with Crippen LogP contribution in [-0.2, 0) is 0 Å². The second-order valence-electron chi connectivity index (χ2n) is 2.64. The molecule has 74 valence electrons. The van der Waals surface area contributed by atoms with E-state index in [2.05, 4.69) is 12.1 Å². The van der Waals surface area contributed by atoms with Crippen LogP contribution in [0.5, 0.6) is 0 Å². The third-order valence-corrected chi connectivity index (χ3v) is 1.82. The van der Waals surface area contributed by atoms with Crippen molar-refractivity contribution in [3.05, 3.63) is 42.5 Å². The van der Waals surface area contributed by atoms with Crippen LogP contribution in [0.3, 0.4) is 0 Å². The van der Waals surface area contributed by atoms with Crippen LogP contribution in [0.1, 0.15) is 1.43 Å². The number of anilines is 1. The van der Waals surface area contributed by atoms with Gasteiger partial charge in [0.05, 0.1) is 0 Å². The molecule has 1 nitrogen and oxygen atoms in total. The van der Waals surface area contributed by atoms with Crippen molar-refractivity contribution in [3.63, 3.8) is 0 Å². The fraction of sp³-hybridized carbons (Fsp3) is 0. The first kappa shape index (κ1) is 17.1. The van der Waals surface area contributed by atoms with E-state index in [1.807, 2.05) is 30.3 Å². The maximum absolute atomic E-state index is 5.76. The van der Waals surface area contributed by atoms with Crippen LogP contribution in [0.2, 0.25) is 0 Å². The molecule has 15 heavy (non-hydrogen) atoms. The topological polar surface area (TPSA) is 26.0 Å². The molecule has 0 fully saturated rings. The molecule has 0 aliphatic heterocycles. The molecule has 0 saturated carbocycles. The largest absolute Gasteiger partial charge is 1.00 e.